The molecule has 0 fully saturated rings. The number of aliphatic hydroxyl groups is 1. The van der Waals surface area contributed by atoms with E-state index in [4.69, 9.17) is 10.5 Å². The SMILES string of the molecule is NC[C@H](C(CCO[N+](=O)[O-])CCC(=O)OCc1ccccc1)[C@H](O)Nc1cc2ccncc2s1. The fourth-order valence-electron chi connectivity index (χ4n) is 3.75. The first-order valence-electron chi connectivity index (χ1n) is 10.9. The first-order chi connectivity index (χ1) is 16.5. The summed E-state index contributed by atoms with van der Waals surface area (Å²) in [5.41, 5.74) is 6.86. The van der Waals surface area contributed by atoms with Gasteiger partial charge in [-0.15, -0.1) is 21.5 Å². The van der Waals surface area contributed by atoms with Crippen molar-refractivity contribution in [3.63, 3.8) is 0 Å². The third-order valence-electron chi connectivity index (χ3n) is 5.54. The van der Waals surface area contributed by atoms with E-state index in [0.717, 1.165) is 20.7 Å². The topological polar surface area (TPSA) is 150 Å². The molecule has 0 amide bonds. The molecular formula is C23H28N4O6S. The van der Waals surface area contributed by atoms with Crippen LogP contribution in [0.5, 0.6) is 0 Å². The molecule has 0 saturated carbocycles. The minimum absolute atomic E-state index is 0.0910. The van der Waals surface area contributed by atoms with Gasteiger partial charge in [-0.05, 0) is 48.4 Å². The van der Waals surface area contributed by atoms with E-state index in [2.05, 4.69) is 15.1 Å². The molecule has 0 aliphatic rings. The highest BCUT2D eigenvalue weighted by atomic mass is 32.1. The predicted octanol–water partition coefficient (Wildman–Crippen LogP) is 3.34. The molecule has 11 heteroatoms. The van der Waals surface area contributed by atoms with Gasteiger partial charge in [-0.2, -0.15) is 0 Å². The Balaban J connectivity index is 1.60. The van der Waals surface area contributed by atoms with E-state index in [1.807, 2.05) is 42.5 Å². The van der Waals surface area contributed by atoms with Crippen molar-refractivity contribution >= 4 is 32.4 Å². The molecule has 3 aromatic rings. The van der Waals surface area contributed by atoms with Crippen LogP contribution in [0.2, 0.25) is 0 Å². The molecule has 182 valence electrons. The standard InChI is InChI=1S/C23H28N4O6S/c24-13-19(23(29)26-21-12-18-8-10-25-14-20(18)34-21)17(9-11-33-27(30)31)6-7-22(28)32-15-16-4-2-1-3-5-16/h1-5,8,10,12,14,17,19,23,26,29H,6-7,9,11,13,15,24H2/t17?,19-,23+/m1/s1. The van der Waals surface area contributed by atoms with E-state index < -0.39 is 17.2 Å². The van der Waals surface area contributed by atoms with Crippen LogP contribution < -0.4 is 11.1 Å². The van der Waals surface area contributed by atoms with Crippen molar-refractivity contribution in [1.82, 2.24) is 4.98 Å². The maximum Gasteiger partial charge on any atom is 0.306 e. The Kier molecular flexibility index (Phi) is 9.56. The average molecular weight is 489 g/mol. The van der Waals surface area contributed by atoms with Crippen LogP contribution in [0.4, 0.5) is 5.00 Å². The number of aromatic nitrogens is 1. The number of fused-ring (bicyclic) bond motifs is 1. The number of aliphatic hydroxyl groups excluding tert-OH is 1. The molecule has 4 N–H and O–H groups in total. The van der Waals surface area contributed by atoms with E-state index in [1.165, 1.54) is 11.3 Å². The lowest BCUT2D eigenvalue weighted by Crippen LogP contribution is -2.39. The van der Waals surface area contributed by atoms with Gasteiger partial charge < -0.3 is 25.7 Å². The van der Waals surface area contributed by atoms with E-state index >= 15 is 0 Å². The van der Waals surface area contributed by atoms with Gasteiger partial charge in [0.2, 0.25) is 0 Å². The number of ether oxygens (including phenoxy) is 1. The van der Waals surface area contributed by atoms with Gasteiger partial charge in [0.1, 0.15) is 12.8 Å². The van der Waals surface area contributed by atoms with E-state index in [-0.39, 0.29) is 44.5 Å². The van der Waals surface area contributed by atoms with Crippen LogP contribution in [0.3, 0.4) is 0 Å². The summed E-state index contributed by atoms with van der Waals surface area (Å²) in [6, 6.07) is 13.1. The number of hydrogen-bond donors (Lipinski definition) is 3. The molecule has 1 aromatic carbocycles. The number of rotatable bonds is 14. The van der Waals surface area contributed by atoms with Crippen molar-refractivity contribution in [2.75, 3.05) is 18.5 Å². The predicted molar refractivity (Wildman–Crippen MR) is 128 cm³/mol. The Morgan fingerprint density at radius 3 is 2.76 bits per heavy atom. The molecule has 3 rings (SSSR count). The van der Waals surface area contributed by atoms with Gasteiger partial charge in [0.25, 0.3) is 5.09 Å². The summed E-state index contributed by atoms with van der Waals surface area (Å²) in [7, 11) is 0. The molecule has 0 radical (unpaired) electrons. The number of carbonyl (C=O) groups excluding carboxylic acids is 1. The smallest absolute Gasteiger partial charge is 0.306 e. The zero-order chi connectivity index (χ0) is 24.3. The maximum absolute atomic E-state index is 12.3. The van der Waals surface area contributed by atoms with Crippen molar-refractivity contribution in [2.45, 2.75) is 32.1 Å². The summed E-state index contributed by atoms with van der Waals surface area (Å²) < 4.78 is 6.30. The Hall–Kier alpha value is -3.28. The second-order valence-electron chi connectivity index (χ2n) is 7.80. The highest BCUT2D eigenvalue weighted by Gasteiger charge is 2.28. The summed E-state index contributed by atoms with van der Waals surface area (Å²) in [5, 5.41) is 25.4. The zero-order valence-corrected chi connectivity index (χ0v) is 19.4. The number of esters is 1. The van der Waals surface area contributed by atoms with E-state index in [9.17, 15) is 20.0 Å². The fourth-order valence-corrected chi connectivity index (χ4v) is 4.71. The van der Waals surface area contributed by atoms with Crippen LogP contribution in [0.15, 0.2) is 54.9 Å². The van der Waals surface area contributed by atoms with Gasteiger partial charge in [-0.3, -0.25) is 9.78 Å². The van der Waals surface area contributed by atoms with Crippen LogP contribution in [-0.4, -0.2) is 40.5 Å². The Morgan fingerprint density at radius 2 is 2.06 bits per heavy atom. The monoisotopic (exact) mass is 488 g/mol. The van der Waals surface area contributed by atoms with Crippen LogP contribution in [0.1, 0.15) is 24.8 Å². The molecule has 10 nitrogen and oxygen atoms in total. The lowest BCUT2D eigenvalue weighted by molar-refractivity contribution is -0.758. The third-order valence-corrected chi connectivity index (χ3v) is 6.56. The summed E-state index contributed by atoms with van der Waals surface area (Å²) in [4.78, 5) is 31.5. The Morgan fingerprint density at radius 1 is 1.26 bits per heavy atom. The van der Waals surface area contributed by atoms with Gasteiger partial charge in [0.05, 0.1) is 16.3 Å². The molecule has 0 aliphatic heterocycles. The molecule has 0 bridgehead atoms. The van der Waals surface area contributed by atoms with Crippen molar-refractivity contribution < 1.29 is 24.6 Å². The first-order valence-corrected chi connectivity index (χ1v) is 11.7. The maximum atomic E-state index is 12.3. The minimum atomic E-state index is -1.02. The number of carbonyl (C=O) groups is 1. The molecule has 2 heterocycles. The molecule has 3 atom stereocenters. The largest absolute Gasteiger partial charge is 0.461 e. The van der Waals surface area contributed by atoms with Crippen LogP contribution in [0, 0.1) is 22.0 Å². The lowest BCUT2D eigenvalue weighted by atomic mass is 9.84. The number of thiophene rings is 1. The number of nitrogens with zero attached hydrogens (tertiary/aromatic N) is 2. The highest BCUT2D eigenvalue weighted by Crippen LogP contribution is 2.31. The van der Waals surface area contributed by atoms with Crippen LogP contribution in [-0.2, 0) is 21.0 Å². The second kappa shape index (κ2) is 12.8. The number of hydrogen-bond acceptors (Lipinski definition) is 10. The van der Waals surface area contributed by atoms with Gasteiger partial charge >= 0.3 is 5.97 Å². The quantitative estimate of drug-likeness (QED) is 0.134. The normalized spacial score (nSPS) is 13.7. The van der Waals surface area contributed by atoms with E-state index in [1.54, 1.807) is 12.4 Å². The molecule has 0 saturated heterocycles. The number of benzene rings is 1. The molecule has 0 spiro atoms. The fraction of sp³-hybridized carbons (Fsp3) is 0.391. The first kappa shape index (κ1) is 25.3. The molecule has 34 heavy (non-hydrogen) atoms. The molecule has 1 unspecified atom stereocenters. The van der Waals surface area contributed by atoms with Crippen LogP contribution >= 0.6 is 11.3 Å². The lowest BCUT2D eigenvalue weighted by Gasteiger charge is -2.30. The van der Waals surface area contributed by atoms with Crippen LogP contribution in [0.25, 0.3) is 10.1 Å². The number of nitrogens with one attached hydrogen (secondary N) is 1. The summed E-state index contributed by atoms with van der Waals surface area (Å²) in [6.07, 6.45) is 3.10. The zero-order valence-electron chi connectivity index (χ0n) is 18.5. The average Bonchev–Trinajstić information content (AvgIpc) is 3.24. The second-order valence-corrected chi connectivity index (χ2v) is 8.89. The highest BCUT2D eigenvalue weighted by molar-refractivity contribution is 7.22. The summed E-state index contributed by atoms with van der Waals surface area (Å²) in [6.45, 7) is 0.122. The number of anilines is 1. The molecular weight excluding hydrogens is 460 g/mol. The summed E-state index contributed by atoms with van der Waals surface area (Å²) >= 11 is 1.45. The summed E-state index contributed by atoms with van der Waals surface area (Å²) in [5.74, 6) is -1.17. The van der Waals surface area contributed by atoms with Crippen molar-refractivity contribution in [3.05, 3.63) is 70.5 Å². The van der Waals surface area contributed by atoms with Gasteiger partial charge in [0, 0.05) is 24.7 Å². The van der Waals surface area contributed by atoms with Crippen molar-refractivity contribution in [3.8, 4) is 0 Å². The molecule has 2 aromatic heterocycles. The number of nitrogens with two attached hydrogens (primary N) is 1. The Labute approximate surface area is 200 Å². The Bertz CT molecular complexity index is 1030. The van der Waals surface area contributed by atoms with Crippen molar-refractivity contribution in [1.29, 1.82) is 0 Å². The van der Waals surface area contributed by atoms with Gasteiger partial charge in [-0.25, -0.2) is 0 Å². The molecule has 0 aliphatic carbocycles. The van der Waals surface area contributed by atoms with Crippen molar-refractivity contribution in [2.24, 2.45) is 17.6 Å². The van der Waals surface area contributed by atoms with E-state index in [0.29, 0.717) is 6.42 Å². The van der Waals surface area contributed by atoms with Gasteiger partial charge in [0.15, 0.2) is 0 Å². The third kappa shape index (κ3) is 7.65. The number of pyridine rings is 1. The minimum Gasteiger partial charge on any atom is -0.461 e. The van der Waals surface area contributed by atoms with Gasteiger partial charge in [-0.1, -0.05) is 30.3 Å².